The van der Waals surface area contributed by atoms with Crippen molar-refractivity contribution >= 4 is 11.9 Å². The molecule has 0 aromatic heterocycles. The number of methoxy groups -OCH3 is 1. The Balaban J connectivity index is 1.98. The minimum absolute atomic E-state index is 0.0195. The summed E-state index contributed by atoms with van der Waals surface area (Å²) in [5.41, 5.74) is 0. The molecule has 0 aromatic rings. The number of hydrogen-bond acceptors (Lipinski definition) is 5. The molecule has 7 heteroatoms. The number of amides is 3. The Kier molecular flexibility index (Phi) is 3.29. The van der Waals surface area contributed by atoms with E-state index in [0.29, 0.717) is 0 Å². The van der Waals surface area contributed by atoms with Gasteiger partial charge in [0.05, 0.1) is 15.5 Å². The number of nitrogens with one attached hydrogen (secondary N) is 1. The number of rotatable bonds is 3. The topological polar surface area (TPSA) is 88.1 Å². The van der Waals surface area contributed by atoms with Crippen molar-refractivity contribution in [1.29, 1.82) is 0 Å². The Morgan fingerprint density at radius 3 is 3.32 bits per heavy atom. The van der Waals surface area contributed by atoms with Gasteiger partial charge < -0.3 is 14.6 Å². The van der Waals surface area contributed by atoms with Crippen LogP contribution in [0.2, 0.25) is 0 Å². The van der Waals surface area contributed by atoms with Crippen molar-refractivity contribution in [2.45, 2.75) is 24.9 Å². The van der Waals surface area contributed by atoms with Gasteiger partial charge in [-0.3, -0.25) is 15.0 Å². The smallest absolute Gasteiger partial charge is 0.326 e. The summed E-state index contributed by atoms with van der Waals surface area (Å²) in [5, 5.41) is 12.0. The molecule has 0 aromatic carbocycles. The van der Waals surface area contributed by atoms with E-state index in [0.717, 1.165) is 0 Å². The Hall–Kier alpha value is -1.62. The second-order valence-corrected chi connectivity index (χ2v) is 4.43. The van der Waals surface area contributed by atoms with Gasteiger partial charge in [-0.05, 0) is 0 Å². The van der Waals surface area contributed by atoms with Crippen LogP contribution in [0.4, 0.5) is 4.79 Å². The van der Waals surface area contributed by atoms with Gasteiger partial charge in [-0.25, -0.2) is 4.79 Å². The summed E-state index contributed by atoms with van der Waals surface area (Å²) in [6.45, 7) is -0.103. The SMILES string of the molecule is [2H]C([3H])OCC1OC(N2CC(C#C)C(=O)NC2=O)CC1O. The van der Waals surface area contributed by atoms with E-state index in [4.69, 9.17) is 18.6 Å². The highest BCUT2D eigenvalue weighted by Crippen LogP contribution is 2.25. The van der Waals surface area contributed by atoms with Crippen LogP contribution in [0.25, 0.3) is 0 Å². The summed E-state index contributed by atoms with van der Waals surface area (Å²) in [6.07, 6.45) is 3.03. The van der Waals surface area contributed by atoms with E-state index in [1.807, 2.05) is 0 Å². The lowest BCUT2D eigenvalue weighted by Gasteiger charge is -2.33. The first-order chi connectivity index (χ1) is 9.92. The maximum atomic E-state index is 11.8. The van der Waals surface area contributed by atoms with Crippen LogP contribution in [0.5, 0.6) is 0 Å². The molecule has 2 aliphatic heterocycles. The fraction of sp³-hybridized carbons (Fsp3) is 0.667. The summed E-state index contributed by atoms with van der Waals surface area (Å²) >= 11 is 0. The van der Waals surface area contributed by atoms with Crippen LogP contribution in [0, 0.1) is 18.3 Å². The number of terminal acetylenes is 1. The molecular formula is C12H16N2O5. The number of aliphatic hydroxyl groups is 1. The number of carbonyl (C=O) groups is 2. The zero-order valence-electron chi connectivity index (χ0n) is 12.1. The lowest BCUT2D eigenvalue weighted by atomic mass is 10.1. The molecule has 0 radical (unpaired) electrons. The van der Waals surface area contributed by atoms with E-state index in [1.54, 1.807) is 0 Å². The number of nitrogens with zero attached hydrogens (tertiary/aromatic N) is 1. The quantitative estimate of drug-likeness (QED) is 0.637. The van der Waals surface area contributed by atoms with Gasteiger partial charge in [0, 0.05) is 20.0 Å². The van der Waals surface area contributed by atoms with Crippen molar-refractivity contribution in [3.63, 3.8) is 0 Å². The molecule has 5 unspecified atom stereocenters. The van der Waals surface area contributed by atoms with Crippen LogP contribution in [0.1, 0.15) is 9.16 Å². The lowest BCUT2D eigenvalue weighted by molar-refractivity contribution is -0.127. The van der Waals surface area contributed by atoms with Crippen molar-refractivity contribution in [2.75, 3.05) is 20.2 Å². The highest BCUT2D eigenvalue weighted by molar-refractivity contribution is 5.99. The third-order valence-electron chi connectivity index (χ3n) is 3.20. The average molecular weight is 271 g/mol. The molecule has 2 heterocycles. The van der Waals surface area contributed by atoms with Crippen LogP contribution < -0.4 is 5.32 Å². The molecule has 0 bridgehead atoms. The third-order valence-corrected chi connectivity index (χ3v) is 3.20. The number of imide groups is 1. The first-order valence-corrected chi connectivity index (χ1v) is 5.79. The molecule has 0 aliphatic carbocycles. The van der Waals surface area contributed by atoms with Gasteiger partial charge in [0.1, 0.15) is 18.2 Å². The second-order valence-electron chi connectivity index (χ2n) is 4.43. The van der Waals surface area contributed by atoms with Crippen LogP contribution in [-0.4, -0.2) is 60.6 Å². The summed E-state index contributed by atoms with van der Waals surface area (Å²) in [7, 11) is -1.47. The highest BCUT2D eigenvalue weighted by atomic mass is 16.6. The van der Waals surface area contributed by atoms with E-state index >= 15 is 0 Å². The zero-order chi connectivity index (χ0) is 15.6. The monoisotopic (exact) mass is 271 g/mol. The van der Waals surface area contributed by atoms with E-state index < -0.39 is 43.4 Å². The Labute approximate surface area is 113 Å². The van der Waals surface area contributed by atoms with Gasteiger partial charge in [0.25, 0.3) is 0 Å². The Morgan fingerprint density at radius 1 is 1.84 bits per heavy atom. The molecule has 0 saturated carbocycles. The minimum Gasteiger partial charge on any atom is -0.390 e. The molecule has 2 saturated heterocycles. The van der Waals surface area contributed by atoms with Crippen molar-refractivity contribution in [3.05, 3.63) is 0 Å². The summed E-state index contributed by atoms with van der Waals surface area (Å²) < 4.78 is 24.1. The van der Waals surface area contributed by atoms with E-state index in [2.05, 4.69) is 11.2 Å². The molecule has 2 aliphatic rings. The molecule has 7 nitrogen and oxygen atoms in total. The summed E-state index contributed by atoms with van der Waals surface area (Å²) in [4.78, 5) is 24.5. The number of hydrogen-bond donors (Lipinski definition) is 2. The molecule has 19 heavy (non-hydrogen) atoms. The van der Waals surface area contributed by atoms with Gasteiger partial charge in [-0.1, -0.05) is 5.92 Å². The van der Waals surface area contributed by atoms with Crippen LogP contribution >= 0.6 is 0 Å². The number of urea groups is 1. The number of aliphatic hydroxyl groups excluding tert-OH is 1. The van der Waals surface area contributed by atoms with E-state index in [1.165, 1.54) is 4.90 Å². The van der Waals surface area contributed by atoms with Crippen molar-refractivity contribution in [3.8, 4) is 12.3 Å². The van der Waals surface area contributed by atoms with Gasteiger partial charge in [0.2, 0.25) is 5.91 Å². The van der Waals surface area contributed by atoms with Crippen molar-refractivity contribution in [2.24, 2.45) is 5.92 Å². The van der Waals surface area contributed by atoms with Crippen LogP contribution in [-0.2, 0) is 14.3 Å². The zero-order valence-corrected chi connectivity index (χ0v) is 10.1. The molecule has 0 spiro atoms. The van der Waals surface area contributed by atoms with Gasteiger partial charge in [0.15, 0.2) is 0 Å². The first kappa shape index (κ1) is 11.2. The van der Waals surface area contributed by atoms with Crippen molar-refractivity contribution < 1.29 is 26.9 Å². The normalized spacial score (nSPS) is 38.2. The molecule has 2 N–H and O–H groups in total. The summed E-state index contributed by atoms with van der Waals surface area (Å²) in [5.74, 6) is 1.01. The van der Waals surface area contributed by atoms with Gasteiger partial charge in [-0.2, -0.15) is 0 Å². The maximum absolute atomic E-state index is 11.8. The van der Waals surface area contributed by atoms with Crippen molar-refractivity contribution in [1.82, 2.24) is 10.2 Å². The summed E-state index contributed by atoms with van der Waals surface area (Å²) in [6, 6.07) is -0.621. The molecule has 2 rings (SSSR count). The van der Waals surface area contributed by atoms with Gasteiger partial charge >= 0.3 is 6.03 Å². The predicted octanol–water partition coefficient (Wildman–Crippen LogP) is -1.09. The molecular weight excluding hydrogens is 252 g/mol. The lowest BCUT2D eigenvalue weighted by Crippen LogP contribution is -2.57. The highest BCUT2D eigenvalue weighted by Gasteiger charge is 2.42. The molecule has 2 fully saturated rings. The second kappa shape index (κ2) is 5.57. The third kappa shape index (κ3) is 2.71. The fourth-order valence-electron chi connectivity index (χ4n) is 2.16. The van der Waals surface area contributed by atoms with Crippen LogP contribution in [0.3, 0.4) is 0 Å². The molecule has 5 atom stereocenters. The molecule has 3 amide bonds. The van der Waals surface area contributed by atoms with Crippen LogP contribution in [0.15, 0.2) is 0 Å². The van der Waals surface area contributed by atoms with E-state index in [9.17, 15) is 14.7 Å². The predicted molar refractivity (Wildman–Crippen MR) is 63.7 cm³/mol. The fourth-order valence-corrected chi connectivity index (χ4v) is 2.16. The Bertz CT molecular complexity index is 467. The standard InChI is InChI=1S/C12H16N2O5/c1-3-7-5-14(12(17)13-11(7)16)10-4-8(15)9(19-10)6-18-2/h1,7-10,15H,4-6H2,2H3,(H,13,16,17)/i2TD. The largest absolute Gasteiger partial charge is 0.390 e. The maximum Gasteiger partial charge on any atom is 0.326 e. The number of ether oxygens (including phenoxy) is 2. The Morgan fingerprint density at radius 2 is 2.63 bits per heavy atom. The number of carbonyl (C=O) groups excluding carboxylic acids is 2. The average Bonchev–Trinajstić information content (AvgIpc) is 2.77. The minimum atomic E-state index is -1.47. The van der Waals surface area contributed by atoms with E-state index in [-0.39, 0.29) is 19.6 Å². The first-order valence-electron chi connectivity index (χ1n) is 6.95. The van der Waals surface area contributed by atoms with Gasteiger partial charge in [-0.15, -0.1) is 6.42 Å². The molecule has 104 valence electrons.